The Labute approximate surface area is 240 Å². The molecule has 10 nitrogen and oxygen atoms in total. The molecule has 3 amide bonds. The largest absolute Gasteiger partial charge is 0.444 e. The van der Waals surface area contributed by atoms with E-state index in [0.717, 1.165) is 22.0 Å². The molecule has 0 saturated heterocycles. The van der Waals surface area contributed by atoms with Crippen LogP contribution in [0.3, 0.4) is 0 Å². The van der Waals surface area contributed by atoms with E-state index in [0.29, 0.717) is 30.6 Å². The number of aromatic amines is 1. The monoisotopic (exact) mass is 561 g/mol. The van der Waals surface area contributed by atoms with Gasteiger partial charge in [0.1, 0.15) is 16.9 Å². The number of hydrogen-bond donors (Lipinski definition) is 4. The molecular weight excluding hydrogens is 522 g/mol. The van der Waals surface area contributed by atoms with Crippen molar-refractivity contribution in [3.8, 4) is 17.2 Å². The molecule has 4 N–H and O–H groups in total. The highest BCUT2D eigenvalue weighted by Crippen LogP contribution is 2.25. The minimum Gasteiger partial charge on any atom is -0.444 e. The number of benzene rings is 2. The molecule has 0 aliphatic heterocycles. The van der Waals surface area contributed by atoms with Gasteiger partial charge in [-0.1, -0.05) is 24.3 Å². The third-order valence-electron chi connectivity index (χ3n) is 5.84. The number of amides is 3. The summed E-state index contributed by atoms with van der Waals surface area (Å²) in [6, 6.07) is 16.6. The maximum Gasteiger partial charge on any atom is 0.407 e. The normalized spacial score (nSPS) is 12.2. The lowest BCUT2D eigenvalue weighted by atomic mass is 10.0. The Morgan fingerprint density at radius 2 is 1.51 bits per heavy atom. The van der Waals surface area contributed by atoms with E-state index in [1.807, 2.05) is 30.3 Å². The lowest BCUT2D eigenvalue weighted by Crippen LogP contribution is -2.46. The number of aromatic nitrogens is 1. The van der Waals surface area contributed by atoms with E-state index in [2.05, 4.69) is 27.0 Å². The molecule has 0 saturated carbocycles. The number of fused-ring (bicyclic) bond motifs is 1. The second-order valence-corrected chi connectivity index (χ2v) is 11.8. The van der Waals surface area contributed by atoms with Gasteiger partial charge in [0.15, 0.2) is 0 Å². The molecule has 41 heavy (non-hydrogen) atoms. The topological polar surface area (TPSA) is 145 Å². The van der Waals surface area contributed by atoms with E-state index < -0.39 is 29.4 Å². The number of carbonyl (C=O) groups excluding carboxylic acids is 3. The highest BCUT2D eigenvalue weighted by Gasteiger charge is 2.21. The van der Waals surface area contributed by atoms with Crippen LogP contribution >= 0.6 is 0 Å². The first-order valence-corrected chi connectivity index (χ1v) is 13.6. The molecule has 1 atom stereocenters. The van der Waals surface area contributed by atoms with Crippen LogP contribution in [0, 0.1) is 11.3 Å². The van der Waals surface area contributed by atoms with E-state index in [1.54, 1.807) is 59.7 Å². The summed E-state index contributed by atoms with van der Waals surface area (Å²) in [5.41, 5.74) is 2.43. The number of carbonyl (C=O) groups is 3. The van der Waals surface area contributed by atoms with Gasteiger partial charge < -0.3 is 30.4 Å². The van der Waals surface area contributed by atoms with E-state index in [-0.39, 0.29) is 12.5 Å². The van der Waals surface area contributed by atoms with Gasteiger partial charge in [0, 0.05) is 30.0 Å². The SMILES string of the molecule is CC(C)(C)OC(=O)NCCC[C@H](CNC(=O)c1cc2ccc(-c3ccc(C#N)cc3)cc2[nH]1)NC(=O)OC(C)(C)C. The van der Waals surface area contributed by atoms with Crippen molar-refractivity contribution in [1.82, 2.24) is 20.9 Å². The van der Waals surface area contributed by atoms with Crippen LogP contribution in [0.2, 0.25) is 0 Å². The zero-order chi connectivity index (χ0) is 30.2. The Morgan fingerprint density at radius 3 is 2.15 bits per heavy atom. The standard InChI is InChI=1S/C31H39N5O5/c1-30(2,3)40-28(38)33-15-7-8-24(35-29(39)41-31(4,5)6)19-34-27(37)26-17-23-14-13-22(16-25(23)36-26)21-11-9-20(18-32)10-12-21/h9-14,16-17,24,36H,7-8,15,19H2,1-6H3,(H,33,38)(H,34,37)(H,35,39)/t24-/m1/s1. The van der Waals surface area contributed by atoms with Gasteiger partial charge in [-0.25, -0.2) is 9.59 Å². The number of alkyl carbamates (subject to hydrolysis) is 2. The molecule has 0 aliphatic rings. The Hall–Kier alpha value is -4.52. The van der Waals surface area contributed by atoms with Crippen molar-refractivity contribution in [2.24, 2.45) is 0 Å². The minimum absolute atomic E-state index is 0.163. The van der Waals surface area contributed by atoms with Crippen molar-refractivity contribution in [1.29, 1.82) is 5.26 Å². The number of rotatable bonds is 9. The van der Waals surface area contributed by atoms with Crippen molar-refractivity contribution < 1.29 is 23.9 Å². The van der Waals surface area contributed by atoms with Gasteiger partial charge in [-0.15, -0.1) is 0 Å². The van der Waals surface area contributed by atoms with Crippen LogP contribution in [0.4, 0.5) is 9.59 Å². The summed E-state index contributed by atoms with van der Waals surface area (Å²) in [4.78, 5) is 40.5. The average Bonchev–Trinajstić information content (AvgIpc) is 3.31. The van der Waals surface area contributed by atoms with Gasteiger partial charge in [0.25, 0.3) is 5.91 Å². The van der Waals surface area contributed by atoms with Gasteiger partial charge >= 0.3 is 12.2 Å². The van der Waals surface area contributed by atoms with Crippen molar-refractivity contribution in [2.45, 2.75) is 71.6 Å². The van der Waals surface area contributed by atoms with Crippen LogP contribution in [0.15, 0.2) is 48.5 Å². The maximum absolute atomic E-state index is 13.0. The number of nitrogens with one attached hydrogen (secondary N) is 4. The minimum atomic E-state index is -0.670. The predicted molar refractivity (Wildman–Crippen MR) is 157 cm³/mol. The van der Waals surface area contributed by atoms with E-state index >= 15 is 0 Å². The van der Waals surface area contributed by atoms with Crippen molar-refractivity contribution in [3.63, 3.8) is 0 Å². The second kappa shape index (κ2) is 13.2. The highest BCUT2D eigenvalue weighted by molar-refractivity contribution is 5.98. The van der Waals surface area contributed by atoms with Crippen LogP contribution in [0.1, 0.15) is 70.4 Å². The fourth-order valence-corrected chi connectivity index (χ4v) is 4.03. The number of H-pyrrole nitrogens is 1. The van der Waals surface area contributed by atoms with Crippen molar-refractivity contribution >= 4 is 29.0 Å². The third kappa shape index (κ3) is 10.2. The molecular formula is C31H39N5O5. The highest BCUT2D eigenvalue weighted by atomic mass is 16.6. The summed E-state index contributed by atoms with van der Waals surface area (Å²) in [6.07, 6.45) is -0.0721. The molecule has 0 unspecified atom stereocenters. The molecule has 0 radical (unpaired) electrons. The summed E-state index contributed by atoms with van der Waals surface area (Å²) in [7, 11) is 0. The van der Waals surface area contributed by atoms with Gasteiger partial charge in [-0.05, 0) is 89.8 Å². The van der Waals surface area contributed by atoms with Crippen LogP contribution < -0.4 is 16.0 Å². The average molecular weight is 562 g/mol. The maximum atomic E-state index is 13.0. The Balaban J connectivity index is 1.62. The van der Waals surface area contributed by atoms with E-state index in [1.165, 1.54) is 0 Å². The van der Waals surface area contributed by atoms with Gasteiger partial charge in [-0.3, -0.25) is 4.79 Å². The molecule has 10 heteroatoms. The van der Waals surface area contributed by atoms with Crippen LogP contribution in [0.25, 0.3) is 22.0 Å². The zero-order valence-corrected chi connectivity index (χ0v) is 24.5. The van der Waals surface area contributed by atoms with E-state index in [4.69, 9.17) is 14.7 Å². The summed E-state index contributed by atoms with van der Waals surface area (Å²) in [6.45, 7) is 11.2. The summed E-state index contributed by atoms with van der Waals surface area (Å²) in [5, 5.41) is 18.3. The first kappa shape index (κ1) is 31.0. The molecule has 0 spiro atoms. The van der Waals surface area contributed by atoms with Crippen LogP contribution in [-0.4, -0.2) is 53.4 Å². The summed E-state index contributed by atoms with van der Waals surface area (Å²) in [5.74, 6) is -0.316. The number of ether oxygens (including phenoxy) is 2. The smallest absolute Gasteiger partial charge is 0.407 e. The van der Waals surface area contributed by atoms with Crippen molar-refractivity contribution in [3.05, 3.63) is 59.8 Å². The van der Waals surface area contributed by atoms with Crippen LogP contribution in [0.5, 0.6) is 0 Å². The number of hydrogen-bond acceptors (Lipinski definition) is 6. The molecule has 3 rings (SSSR count). The first-order valence-electron chi connectivity index (χ1n) is 13.6. The van der Waals surface area contributed by atoms with Crippen molar-refractivity contribution in [2.75, 3.05) is 13.1 Å². The molecule has 218 valence electrons. The fourth-order valence-electron chi connectivity index (χ4n) is 4.03. The Bertz CT molecular complexity index is 1410. The Kier molecular flexibility index (Phi) is 10.0. The van der Waals surface area contributed by atoms with Crippen LogP contribution in [-0.2, 0) is 9.47 Å². The van der Waals surface area contributed by atoms with Gasteiger partial charge in [0.05, 0.1) is 11.6 Å². The predicted octanol–water partition coefficient (Wildman–Crippen LogP) is 5.63. The number of nitrogens with zero attached hydrogens (tertiary/aromatic N) is 1. The lowest BCUT2D eigenvalue weighted by molar-refractivity contribution is 0.0487. The fraction of sp³-hybridized carbons (Fsp3) is 0.419. The third-order valence-corrected chi connectivity index (χ3v) is 5.84. The molecule has 3 aromatic rings. The first-order chi connectivity index (χ1) is 19.2. The number of nitriles is 1. The van der Waals surface area contributed by atoms with E-state index in [9.17, 15) is 14.4 Å². The molecule has 1 aromatic heterocycles. The van der Waals surface area contributed by atoms with Gasteiger partial charge in [-0.2, -0.15) is 5.26 Å². The zero-order valence-electron chi connectivity index (χ0n) is 24.5. The van der Waals surface area contributed by atoms with Gasteiger partial charge in [0.2, 0.25) is 0 Å². The molecule has 0 aliphatic carbocycles. The summed E-state index contributed by atoms with van der Waals surface area (Å²) < 4.78 is 10.6. The lowest BCUT2D eigenvalue weighted by Gasteiger charge is -2.24. The summed E-state index contributed by atoms with van der Waals surface area (Å²) >= 11 is 0. The molecule has 2 aromatic carbocycles. The second-order valence-electron chi connectivity index (χ2n) is 11.8. The Morgan fingerprint density at radius 1 is 0.878 bits per heavy atom. The quantitative estimate of drug-likeness (QED) is 0.249. The molecule has 0 fully saturated rings. The molecule has 1 heterocycles. The molecule has 0 bridgehead atoms.